The minimum absolute atomic E-state index is 0.0716. The lowest BCUT2D eigenvalue weighted by Gasteiger charge is -2.20. The number of carbonyl (C=O) groups is 1. The van der Waals surface area contributed by atoms with Crippen molar-refractivity contribution in [1.29, 1.82) is 0 Å². The molecule has 2 N–H and O–H groups in total. The average molecular weight is 233 g/mol. The molecule has 0 radical (unpaired) electrons. The maximum absolute atomic E-state index is 11.7. The number of aryl methyl sites for hydroxylation is 1. The summed E-state index contributed by atoms with van der Waals surface area (Å²) in [4.78, 5) is 16.1. The molecular formula is C13H19N3O. The van der Waals surface area contributed by atoms with Gasteiger partial charge in [0.05, 0.1) is 5.92 Å². The van der Waals surface area contributed by atoms with Crippen LogP contribution in [0.15, 0.2) is 18.2 Å². The summed E-state index contributed by atoms with van der Waals surface area (Å²) in [5.41, 5.74) is 0.990. The number of nitrogens with one attached hydrogen (secondary N) is 2. The largest absolute Gasteiger partial charge is 0.367 e. The molecule has 1 aliphatic rings. The van der Waals surface area contributed by atoms with Crippen LogP contribution in [-0.2, 0) is 4.79 Å². The van der Waals surface area contributed by atoms with Gasteiger partial charge in [-0.15, -0.1) is 0 Å². The van der Waals surface area contributed by atoms with E-state index in [2.05, 4.69) is 15.6 Å². The van der Waals surface area contributed by atoms with Crippen molar-refractivity contribution in [3.8, 4) is 0 Å². The molecule has 1 amide bonds. The summed E-state index contributed by atoms with van der Waals surface area (Å²) in [5.74, 6) is 1.07. The maximum atomic E-state index is 11.7. The van der Waals surface area contributed by atoms with Crippen molar-refractivity contribution in [3.05, 3.63) is 23.9 Å². The van der Waals surface area contributed by atoms with Crippen LogP contribution in [0.4, 0.5) is 5.82 Å². The smallest absolute Gasteiger partial charge is 0.224 e. The van der Waals surface area contributed by atoms with E-state index in [1.807, 2.05) is 25.1 Å². The second-order valence-electron chi connectivity index (χ2n) is 4.57. The van der Waals surface area contributed by atoms with Gasteiger partial charge in [-0.1, -0.05) is 12.5 Å². The minimum Gasteiger partial charge on any atom is -0.367 e. The van der Waals surface area contributed by atoms with Gasteiger partial charge in [-0.3, -0.25) is 4.79 Å². The van der Waals surface area contributed by atoms with Gasteiger partial charge in [-0.2, -0.15) is 0 Å². The summed E-state index contributed by atoms with van der Waals surface area (Å²) in [7, 11) is 1.70. The van der Waals surface area contributed by atoms with Crippen molar-refractivity contribution in [2.45, 2.75) is 32.2 Å². The number of pyridine rings is 1. The first kappa shape index (κ1) is 11.9. The molecular weight excluding hydrogens is 214 g/mol. The topological polar surface area (TPSA) is 54.0 Å². The Bertz CT molecular complexity index is 405. The first-order chi connectivity index (χ1) is 8.20. The van der Waals surface area contributed by atoms with Crippen LogP contribution in [0.25, 0.3) is 0 Å². The summed E-state index contributed by atoms with van der Waals surface area (Å²) in [6.45, 7) is 1.97. The molecule has 1 aromatic heterocycles. The molecule has 1 saturated carbocycles. The van der Waals surface area contributed by atoms with Gasteiger partial charge in [-0.05, 0) is 31.9 Å². The highest BCUT2D eigenvalue weighted by molar-refractivity contribution is 5.79. The van der Waals surface area contributed by atoms with Crippen molar-refractivity contribution in [2.75, 3.05) is 12.4 Å². The number of hydrogen-bond donors (Lipinski definition) is 2. The summed E-state index contributed by atoms with van der Waals surface area (Å²) in [6, 6.07) is 6.11. The third-order valence-electron chi connectivity index (χ3n) is 3.32. The summed E-state index contributed by atoms with van der Waals surface area (Å²) >= 11 is 0. The predicted molar refractivity (Wildman–Crippen MR) is 67.8 cm³/mol. The van der Waals surface area contributed by atoms with E-state index in [0.717, 1.165) is 30.8 Å². The zero-order valence-electron chi connectivity index (χ0n) is 10.4. The van der Waals surface area contributed by atoms with Gasteiger partial charge in [-0.25, -0.2) is 4.98 Å². The van der Waals surface area contributed by atoms with Crippen molar-refractivity contribution < 1.29 is 4.79 Å². The molecule has 1 heterocycles. The van der Waals surface area contributed by atoms with Crippen molar-refractivity contribution in [2.24, 2.45) is 5.92 Å². The highest BCUT2D eigenvalue weighted by Crippen LogP contribution is 2.28. The van der Waals surface area contributed by atoms with E-state index in [1.54, 1.807) is 7.05 Å². The fourth-order valence-corrected chi connectivity index (χ4v) is 2.45. The molecule has 1 aromatic rings. The normalized spacial score (nSPS) is 23.4. The predicted octanol–water partition coefficient (Wildman–Crippen LogP) is 1.72. The van der Waals surface area contributed by atoms with Crippen LogP contribution in [0.5, 0.6) is 0 Å². The molecule has 4 nitrogen and oxygen atoms in total. The Hall–Kier alpha value is -1.58. The monoisotopic (exact) mass is 233 g/mol. The fourth-order valence-electron chi connectivity index (χ4n) is 2.45. The van der Waals surface area contributed by atoms with Crippen LogP contribution < -0.4 is 10.6 Å². The van der Waals surface area contributed by atoms with Crippen LogP contribution in [-0.4, -0.2) is 24.0 Å². The van der Waals surface area contributed by atoms with Crippen LogP contribution in [0, 0.1) is 12.8 Å². The van der Waals surface area contributed by atoms with Crippen LogP contribution >= 0.6 is 0 Å². The Balaban J connectivity index is 2.05. The van der Waals surface area contributed by atoms with Gasteiger partial charge in [0.15, 0.2) is 0 Å². The van der Waals surface area contributed by atoms with Crippen LogP contribution in [0.3, 0.4) is 0 Å². The van der Waals surface area contributed by atoms with E-state index in [9.17, 15) is 4.79 Å². The second kappa shape index (κ2) is 5.17. The van der Waals surface area contributed by atoms with Gasteiger partial charge < -0.3 is 10.6 Å². The summed E-state index contributed by atoms with van der Waals surface area (Å²) in [6.07, 6.45) is 3.10. The zero-order chi connectivity index (χ0) is 12.3. The molecule has 1 aliphatic carbocycles. The number of amides is 1. The van der Waals surface area contributed by atoms with E-state index in [-0.39, 0.29) is 17.9 Å². The SMILES string of the molecule is CNC(=O)[C@@H]1CCC[C@@H]1Nc1cccc(C)n1. The van der Waals surface area contributed by atoms with Gasteiger partial charge in [0.25, 0.3) is 0 Å². The molecule has 0 unspecified atom stereocenters. The average Bonchev–Trinajstić information content (AvgIpc) is 2.76. The van der Waals surface area contributed by atoms with E-state index < -0.39 is 0 Å². The molecule has 0 bridgehead atoms. The third kappa shape index (κ3) is 2.75. The minimum atomic E-state index is 0.0716. The molecule has 0 saturated heterocycles. The van der Waals surface area contributed by atoms with Crippen molar-refractivity contribution in [1.82, 2.24) is 10.3 Å². The molecule has 92 valence electrons. The standard InChI is InChI=1S/C13H19N3O/c1-9-5-3-8-12(15-9)16-11-7-4-6-10(11)13(17)14-2/h3,5,8,10-11H,4,6-7H2,1-2H3,(H,14,17)(H,15,16)/t10-,11+/m1/s1. The van der Waals surface area contributed by atoms with E-state index in [0.29, 0.717) is 0 Å². The molecule has 4 heteroatoms. The number of aromatic nitrogens is 1. The number of anilines is 1. The molecule has 0 aromatic carbocycles. The fraction of sp³-hybridized carbons (Fsp3) is 0.538. The zero-order valence-corrected chi connectivity index (χ0v) is 10.4. The van der Waals surface area contributed by atoms with Crippen LogP contribution in [0.1, 0.15) is 25.0 Å². The lowest BCUT2D eigenvalue weighted by molar-refractivity contribution is -0.124. The number of hydrogen-bond acceptors (Lipinski definition) is 3. The van der Waals surface area contributed by atoms with Gasteiger partial charge >= 0.3 is 0 Å². The highest BCUT2D eigenvalue weighted by Gasteiger charge is 2.32. The molecule has 2 atom stereocenters. The Morgan fingerprint density at radius 1 is 1.41 bits per heavy atom. The first-order valence-electron chi connectivity index (χ1n) is 6.12. The Kier molecular flexibility index (Phi) is 3.61. The molecule has 2 rings (SSSR count). The van der Waals surface area contributed by atoms with Gasteiger partial charge in [0.2, 0.25) is 5.91 Å². The van der Waals surface area contributed by atoms with Gasteiger partial charge in [0.1, 0.15) is 5.82 Å². The van der Waals surface area contributed by atoms with E-state index >= 15 is 0 Å². The summed E-state index contributed by atoms with van der Waals surface area (Å²) < 4.78 is 0. The second-order valence-corrected chi connectivity index (χ2v) is 4.57. The highest BCUT2D eigenvalue weighted by atomic mass is 16.1. The van der Waals surface area contributed by atoms with Crippen molar-refractivity contribution >= 4 is 11.7 Å². The van der Waals surface area contributed by atoms with E-state index in [1.165, 1.54) is 0 Å². The maximum Gasteiger partial charge on any atom is 0.224 e. The molecule has 17 heavy (non-hydrogen) atoms. The number of rotatable bonds is 3. The Labute approximate surface area is 102 Å². The molecule has 1 fully saturated rings. The number of nitrogens with zero attached hydrogens (tertiary/aromatic N) is 1. The van der Waals surface area contributed by atoms with E-state index in [4.69, 9.17) is 0 Å². The Morgan fingerprint density at radius 3 is 2.94 bits per heavy atom. The first-order valence-corrected chi connectivity index (χ1v) is 6.12. The van der Waals surface area contributed by atoms with Crippen molar-refractivity contribution in [3.63, 3.8) is 0 Å². The van der Waals surface area contributed by atoms with Crippen LogP contribution in [0.2, 0.25) is 0 Å². The molecule has 0 aliphatic heterocycles. The lowest BCUT2D eigenvalue weighted by atomic mass is 10.0. The Morgan fingerprint density at radius 2 is 2.24 bits per heavy atom. The molecule has 0 spiro atoms. The van der Waals surface area contributed by atoms with Gasteiger partial charge in [0, 0.05) is 18.8 Å². The number of carbonyl (C=O) groups excluding carboxylic acids is 1. The lowest BCUT2D eigenvalue weighted by Crippen LogP contribution is -2.36. The quantitative estimate of drug-likeness (QED) is 0.835. The third-order valence-corrected chi connectivity index (χ3v) is 3.32. The summed E-state index contributed by atoms with van der Waals surface area (Å²) in [5, 5.41) is 6.11.